The van der Waals surface area contributed by atoms with Crippen LogP contribution >= 0.6 is 0 Å². The first-order valence-corrected chi connectivity index (χ1v) is 8.31. The number of carbonyl (C=O) groups is 2. The number of hydrogen-bond donors (Lipinski definition) is 2. The Labute approximate surface area is 135 Å². The van der Waals surface area contributed by atoms with Crippen molar-refractivity contribution in [3.63, 3.8) is 0 Å². The van der Waals surface area contributed by atoms with Crippen molar-refractivity contribution >= 4 is 11.8 Å². The molecule has 1 aliphatic rings. The van der Waals surface area contributed by atoms with Gasteiger partial charge in [-0.3, -0.25) is 14.5 Å². The van der Waals surface area contributed by atoms with E-state index in [4.69, 9.17) is 5.73 Å². The molecule has 0 spiro atoms. The van der Waals surface area contributed by atoms with Crippen LogP contribution in [-0.2, 0) is 9.59 Å². The molecule has 0 saturated carbocycles. The van der Waals surface area contributed by atoms with E-state index in [-0.39, 0.29) is 28.6 Å². The normalized spacial score (nSPS) is 20.1. The SMILES string of the molecule is CC(C)(C)CC(C)(C)CC1CC(=O)N(CCNCCN)C1=O. The van der Waals surface area contributed by atoms with Gasteiger partial charge in [0.1, 0.15) is 0 Å². The van der Waals surface area contributed by atoms with E-state index in [0.29, 0.717) is 32.6 Å². The highest BCUT2D eigenvalue weighted by atomic mass is 16.2. The summed E-state index contributed by atoms with van der Waals surface area (Å²) in [6, 6.07) is 0. The minimum atomic E-state index is -0.153. The molecule has 1 saturated heterocycles. The Kier molecular flexibility index (Phi) is 6.56. The predicted octanol–water partition coefficient (Wildman–Crippen LogP) is 1.76. The number of carbonyl (C=O) groups excluding carboxylic acids is 2. The molecular weight excluding hydrogens is 278 g/mol. The van der Waals surface area contributed by atoms with Gasteiger partial charge in [0.15, 0.2) is 0 Å². The summed E-state index contributed by atoms with van der Waals surface area (Å²) >= 11 is 0. The zero-order chi connectivity index (χ0) is 17.0. The van der Waals surface area contributed by atoms with Crippen molar-refractivity contribution in [1.82, 2.24) is 10.2 Å². The molecule has 1 aliphatic heterocycles. The lowest BCUT2D eigenvalue weighted by molar-refractivity contribution is -0.139. The fraction of sp³-hybridized carbons (Fsp3) is 0.882. The Bertz CT molecular complexity index is 399. The van der Waals surface area contributed by atoms with Gasteiger partial charge in [-0.1, -0.05) is 34.6 Å². The van der Waals surface area contributed by atoms with E-state index in [1.807, 2.05) is 0 Å². The lowest BCUT2D eigenvalue weighted by Crippen LogP contribution is -2.38. The molecule has 1 rings (SSSR count). The van der Waals surface area contributed by atoms with Crippen LogP contribution in [0.2, 0.25) is 0 Å². The van der Waals surface area contributed by atoms with Gasteiger partial charge in [0.2, 0.25) is 11.8 Å². The molecule has 5 heteroatoms. The standard InChI is InChI=1S/C17H33N3O2/c1-16(2,3)12-17(4,5)11-13-10-14(21)20(15(13)22)9-8-19-7-6-18/h13,19H,6-12,18H2,1-5H3. The Balaban J connectivity index is 2.56. The van der Waals surface area contributed by atoms with Crippen LogP contribution in [0.5, 0.6) is 0 Å². The quantitative estimate of drug-likeness (QED) is 0.529. The predicted molar refractivity (Wildman–Crippen MR) is 89.2 cm³/mol. The summed E-state index contributed by atoms with van der Waals surface area (Å²) < 4.78 is 0. The zero-order valence-corrected chi connectivity index (χ0v) is 14.9. The summed E-state index contributed by atoms with van der Waals surface area (Å²) in [5.41, 5.74) is 5.69. The van der Waals surface area contributed by atoms with Crippen molar-refractivity contribution < 1.29 is 9.59 Å². The molecule has 22 heavy (non-hydrogen) atoms. The number of likely N-dealkylation sites (tertiary alicyclic amines) is 1. The van der Waals surface area contributed by atoms with E-state index in [9.17, 15) is 9.59 Å². The van der Waals surface area contributed by atoms with Crippen LogP contribution in [0.15, 0.2) is 0 Å². The van der Waals surface area contributed by atoms with E-state index in [2.05, 4.69) is 39.9 Å². The van der Waals surface area contributed by atoms with Crippen LogP contribution < -0.4 is 11.1 Å². The van der Waals surface area contributed by atoms with Gasteiger partial charge in [-0.15, -0.1) is 0 Å². The molecule has 1 fully saturated rings. The van der Waals surface area contributed by atoms with Crippen molar-refractivity contribution in [1.29, 1.82) is 0 Å². The number of nitrogens with two attached hydrogens (primary N) is 1. The second-order valence-corrected chi connectivity index (χ2v) is 8.43. The maximum atomic E-state index is 12.5. The van der Waals surface area contributed by atoms with E-state index >= 15 is 0 Å². The van der Waals surface area contributed by atoms with Crippen LogP contribution in [-0.4, -0.2) is 42.9 Å². The van der Waals surface area contributed by atoms with Crippen LogP contribution in [0.3, 0.4) is 0 Å². The summed E-state index contributed by atoms with van der Waals surface area (Å²) in [4.78, 5) is 26.0. The molecule has 0 bridgehead atoms. The second kappa shape index (κ2) is 7.55. The van der Waals surface area contributed by atoms with Crippen molar-refractivity contribution in [3.8, 4) is 0 Å². The highest BCUT2D eigenvalue weighted by molar-refractivity contribution is 6.03. The highest BCUT2D eigenvalue weighted by Gasteiger charge is 2.41. The lowest BCUT2D eigenvalue weighted by Gasteiger charge is -2.33. The van der Waals surface area contributed by atoms with Crippen molar-refractivity contribution in [2.75, 3.05) is 26.2 Å². The largest absolute Gasteiger partial charge is 0.329 e. The first kappa shape index (κ1) is 19.1. The zero-order valence-electron chi connectivity index (χ0n) is 14.9. The van der Waals surface area contributed by atoms with E-state index in [1.165, 1.54) is 4.90 Å². The van der Waals surface area contributed by atoms with Crippen LogP contribution in [0.25, 0.3) is 0 Å². The summed E-state index contributed by atoms with van der Waals surface area (Å²) in [5.74, 6) is -0.183. The molecule has 0 aromatic carbocycles. The molecule has 0 aromatic heterocycles. The third kappa shape index (κ3) is 6.05. The molecule has 5 nitrogen and oxygen atoms in total. The summed E-state index contributed by atoms with van der Waals surface area (Å²) in [6.45, 7) is 13.4. The summed E-state index contributed by atoms with van der Waals surface area (Å²) in [6.07, 6.45) is 2.18. The molecule has 1 atom stereocenters. The van der Waals surface area contributed by atoms with Crippen LogP contribution in [0.1, 0.15) is 53.9 Å². The molecule has 0 aliphatic carbocycles. The van der Waals surface area contributed by atoms with Gasteiger partial charge < -0.3 is 11.1 Å². The molecule has 128 valence electrons. The highest BCUT2D eigenvalue weighted by Crippen LogP contribution is 2.40. The maximum absolute atomic E-state index is 12.5. The topological polar surface area (TPSA) is 75.4 Å². The summed E-state index contributed by atoms with van der Waals surface area (Å²) in [5, 5.41) is 3.13. The smallest absolute Gasteiger partial charge is 0.232 e. The van der Waals surface area contributed by atoms with Crippen molar-refractivity contribution in [3.05, 3.63) is 0 Å². The monoisotopic (exact) mass is 311 g/mol. The average Bonchev–Trinajstić information content (AvgIpc) is 2.57. The maximum Gasteiger partial charge on any atom is 0.232 e. The number of amides is 2. The molecule has 0 aromatic rings. The van der Waals surface area contributed by atoms with E-state index in [0.717, 1.165) is 12.8 Å². The molecule has 0 radical (unpaired) electrons. The van der Waals surface area contributed by atoms with Crippen molar-refractivity contribution in [2.45, 2.75) is 53.9 Å². The number of imide groups is 1. The third-order valence-electron chi connectivity index (χ3n) is 3.98. The fourth-order valence-corrected chi connectivity index (χ4v) is 3.74. The molecule has 1 heterocycles. The van der Waals surface area contributed by atoms with Gasteiger partial charge in [0.05, 0.1) is 0 Å². The van der Waals surface area contributed by atoms with Crippen molar-refractivity contribution in [2.24, 2.45) is 22.5 Å². The number of nitrogens with zero attached hydrogens (tertiary/aromatic N) is 1. The molecule has 2 amide bonds. The number of nitrogens with one attached hydrogen (secondary N) is 1. The van der Waals surface area contributed by atoms with Crippen LogP contribution in [0, 0.1) is 16.7 Å². The summed E-state index contributed by atoms with van der Waals surface area (Å²) in [7, 11) is 0. The van der Waals surface area contributed by atoms with E-state index < -0.39 is 0 Å². The molecule has 3 N–H and O–H groups in total. The fourth-order valence-electron chi connectivity index (χ4n) is 3.74. The van der Waals surface area contributed by atoms with Gasteiger partial charge in [-0.05, 0) is 23.7 Å². The minimum Gasteiger partial charge on any atom is -0.329 e. The Morgan fingerprint density at radius 1 is 1.18 bits per heavy atom. The van der Waals surface area contributed by atoms with Gasteiger partial charge in [-0.2, -0.15) is 0 Å². The Morgan fingerprint density at radius 2 is 1.82 bits per heavy atom. The number of hydrogen-bond acceptors (Lipinski definition) is 4. The lowest BCUT2D eigenvalue weighted by atomic mass is 9.71. The molecule has 1 unspecified atom stereocenters. The minimum absolute atomic E-state index is 0.00142. The molecular formula is C17H33N3O2. The van der Waals surface area contributed by atoms with Gasteiger partial charge >= 0.3 is 0 Å². The first-order valence-electron chi connectivity index (χ1n) is 8.31. The third-order valence-corrected chi connectivity index (χ3v) is 3.98. The van der Waals surface area contributed by atoms with Gasteiger partial charge in [-0.25, -0.2) is 0 Å². The first-order chi connectivity index (χ1) is 10.1. The van der Waals surface area contributed by atoms with Gasteiger partial charge in [0.25, 0.3) is 0 Å². The Hall–Kier alpha value is -0.940. The number of rotatable bonds is 8. The Morgan fingerprint density at radius 3 is 2.36 bits per heavy atom. The van der Waals surface area contributed by atoms with Crippen LogP contribution in [0.4, 0.5) is 0 Å². The van der Waals surface area contributed by atoms with E-state index in [1.54, 1.807) is 0 Å². The van der Waals surface area contributed by atoms with Gasteiger partial charge in [0, 0.05) is 38.5 Å². The second-order valence-electron chi connectivity index (χ2n) is 8.43. The average molecular weight is 311 g/mol.